The molecule has 0 spiro atoms. The summed E-state index contributed by atoms with van der Waals surface area (Å²) in [5, 5.41) is 13.5. The second-order valence-electron chi connectivity index (χ2n) is 3.55. The van der Waals surface area contributed by atoms with E-state index in [1.807, 2.05) is 16.4 Å². The number of rotatable bonds is 1. The molecular formula is C9H9N3S. The van der Waals surface area contributed by atoms with E-state index in [-0.39, 0.29) is 0 Å². The Balaban J connectivity index is 2.15. The van der Waals surface area contributed by atoms with E-state index in [2.05, 4.69) is 11.2 Å². The molecule has 4 heteroatoms. The molecule has 0 amide bonds. The Bertz CT molecular complexity index is 398. The molecule has 2 heterocycles. The van der Waals surface area contributed by atoms with Crippen molar-refractivity contribution in [3.05, 3.63) is 17.0 Å². The third kappa shape index (κ3) is 1.00. The van der Waals surface area contributed by atoms with Crippen molar-refractivity contribution in [2.24, 2.45) is 0 Å². The van der Waals surface area contributed by atoms with Crippen LogP contribution in [-0.4, -0.2) is 9.78 Å². The van der Waals surface area contributed by atoms with Crippen LogP contribution in [0.2, 0.25) is 0 Å². The summed E-state index contributed by atoms with van der Waals surface area (Å²) in [6, 6.07) is 2.82. The lowest BCUT2D eigenvalue weighted by atomic mass is 10.2. The molecular weight excluding hydrogens is 182 g/mol. The molecule has 0 aromatic carbocycles. The van der Waals surface area contributed by atoms with E-state index in [9.17, 15) is 0 Å². The van der Waals surface area contributed by atoms with Crippen molar-refractivity contribution in [2.45, 2.75) is 30.4 Å². The fourth-order valence-electron chi connectivity index (χ4n) is 1.73. The minimum absolute atomic E-state index is 0.533. The Hall–Kier alpha value is -0.950. The van der Waals surface area contributed by atoms with Crippen LogP contribution in [0.3, 0.4) is 0 Å². The Labute approximate surface area is 80.7 Å². The maximum Gasteiger partial charge on any atom is 0.143 e. The Morgan fingerprint density at radius 3 is 3.00 bits per heavy atom. The predicted molar refractivity (Wildman–Crippen MR) is 50.2 cm³/mol. The summed E-state index contributed by atoms with van der Waals surface area (Å²) in [6.45, 7) is 0. The van der Waals surface area contributed by atoms with Crippen molar-refractivity contribution < 1.29 is 0 Å². The summed E-state index contributed by atoms with van der Waals surface area (Å²) in [7, 11) is 0. The van der Waals surface area contributed by atoms with Gasteiger partial charge in [-0.1, -0.05) is 0 Å². The zero-order valence-corrected chi connectivity index (χ0v) is 7.97. The van der Waals surface area contributed by atoms with E-state index >= 15 is 0 Å². The molecule has 3 nitrogen and oxygen atoms in total. The van der Waals surface area contributed by atoms with Gasteiger partial charge in [0.25, 0.3) is 0 Å². The van der Waals surface area contributed by atoms with Crippen LogP contribution in [0.4, 0.5) is 0 Å². The van der Waals surface area contributed by atoms with Gasteiger partial charge in [-0.25, -0.2) is 0 Å². The van der Waals surface area contributed by atoms with Crippen LogP contribution >= 0.6 is 11.8 Å². The van der Waals surface area contributed by atoms with E-state index in [0.717, 1.165) is 22.9 Å². The van der Waals surface area contributed by atoms with Crippen LogP contribution in [0, 0.1) is 11.3 Å². The summed E-state index contributed by atoms with van der Waals surface area (Å²) in [6.07, 6.45) is 2.39. The van der Waals surface area contributed by atoms with Crippen molar-refractivity contribution in [3.8, 4) is 6.07 Å². The number of nitrogens with zero attached hydrogens (tertiary/aromatic N) is 3. The van der Waals surface area contributed by atoms with Crippen molar-refractivity contribution in [2.75, 3.05) is 0 Å². The van der Waals surface area contributed by atoms with Crippen molar-refractivity contribution in [1.29, 1.82) is 5.26 Å². The van der Waals surface area contributed by atoms with Gasteiger partial charge in [0.05, 0.1) is 11.7 Å². The smallest absolute Gasteiger partial charge is 0.143 e. The summed E-state index contributed by atoms with van der Waals surface area (Å²) in [4.78, 5) is 0. The molecule has 0 radical (unpaired) electrons. The zero-order valence-electron chi connectivity index (χ0n) is 7.16. The van der Waals surface area contributed by atoms with Crippen molar-refractivity contribution in [1.82, 2.24) is 9.78 Å². The van der Waals surface area contributed by atoms with Gasteiger partial charge in [-0.05, 0) is 12.8 Å². The lowest BCUT2D eigenvalue weighted by molar-refractivity contribution is 0.626. The molecule has 66 valence electrons. The van der Waals surface area contributed by atoms with E-state index in [4.69, 9.17) is 5.26 Å². The Morgan fingerprint density at radius 1 is 1.46 bits per heavy atom. The van der Waals surface area contributed by atoms with Crippen LogP contribution < -0.4 is 0 Å². The number of fused-ring (bicyclic) bond motifs is 1. The van der Waals surface area contributed by atoms with E-state index < -0.39 is 0 Å². The summed E-state index contributed by atoms with van der Waals surface area (Å²) in [5.41, 5.74) is 3.16. The lowest BCUT2D eigenvalue weighted by Crippen LogP contribution is -2.00. The predicted octanol–water partition coefficient (Wildman–Crippen LogP) is 1.84. The summed E-state index contributed by atoms with van der Waals surface area (Å²) in [5.74, 6) is 1.97. The highest BCUT2D eigenvalue weighted by Crippen LogP contribution is 2.39. The molecule has 0 atom stereocenters. The third-order valence-corrected chi connectivity index (χ3v) is 3.55. The van der Waals surface area contributed by atoms with E-state index in [1.165, 1.54) is 18.4 Å². The molecule has 3 rings (SSSR count). The van der Waals surface area contributed by atoms with Crippen LogP contribution in [-0.2, 0) is 11.5 Å². The van der Waals surface area contributed by atoms with Crippen LogP contribution in [0.5, 0.6) is 0 Å². The van der Waals surface area contributed by atoms with E-state index in [0.29, 0.717) is 6.04 Å². The second kappa shape index (κ2) is 2.52. The average molecular weight is 191 g/mol. The first-order valence-electron chi connectivity index (χ1n) is 4.48. The molecule has 1 aromatic rings. The van der Waals surface area contributed by atoms with E-state index in [1.54, 1.807) is 0 Å². The van der Waals surface area contributed by atoms with Gasteiger partial charge in [-0.2, -0.15) is 22.1 Å². The first kappa shape index (κ1) is 7.45. The quantitative estimate of drug-likeness (QED) is 0.680. The minimum Gasteiger partial charge on any atom is -0.251 e. The summed E-state index contributed by atoms with van der Waals surface area (Å²) >= 11 is 1.85. The fraction of sp³-hybridized carbons (Fsp3) is 0.556. The lowest BCUT2D eigenvalue weighted by Gasteiger charge is -1.99. The molecule has 1 aromatic heterocycles. The van der Waals surface area contributed by atoms with Crippen LogP contribution in [0.1, 0.15) is 35.8 Å². The SMILES string of the molecule is N#Cc1c2c(nn1C1CC1)CSC2. The normalized spacial score (nSPS) is 19.9. The Morgan fingerprint density at radius 2 is 2.31 bits per heavy atom. The molecule has 1 saturated carbocycles. The molecule has 1 fully saturated rings. The number of thioether (sulfide) groups is 1. The van der Waals surface area contributed by atoms with Gasteiger partial charge in [0.15, 0.2) is 0 Å². The van der Waals surface area contributed by atoms with Crippen LogP contribution in [0.15, 0.2) is 0 Å². The number of hydrogen-bond donors (Lipinski definition) is 0. The zero-order chi connectivity index (χ0) is 8.84. The largest absolute Gasteiger partial charge is 0.251 e. The number of nitriles is 1. The van der Waals surface area contributed by atoms with Crippen molar-refractivity contribution >= 4 is 11.8 Å². The van der Waals surface area contributed by atoms with Crippen LogP contribution in [0.25, 0.3) is 0 Å². The van der Waals surface area contributed by atoms with Gasteiger partial charge >= 0.3 is 0 Å². The highest BCUT2D eigenvalue weighted by atomic mass is 32.2. The fourth-order valence-corrected chi connectivity index (χ4v) is 2.77. The first-order chi connectivity index (χ1) is 6.40. The topological polar surface area (TPSA) is 41.6 Å². The average Bonchev–Trinajstić information content (AvgIpc) is 2.76. The monoisotopic (exact) mass is 191 g/mol. The molecule has 0 saturated heterocycles. The van der Waals surface area contributed by atoms with Gasteiger partial charge in [-0.15, -0.1) is 0 Å². The van der Waals surface area contributed by atoms with Crippen molar-refractivity contribution in [3.63, 3.8) is 0 Å². The summed E-state index contributed by atoms with van der Waals surface area (Å²) < 4.78 is 1.95. The maximum atomic E-state index is 9.03. The van der Waals surface area contributed by atoms with Gasteiger partial charge in [0.1, 0.15) is 11.8 Å². The molecule has 1 aliphatic carbocycles. The third-order valence-electron chi connectivity index (χ3n) is 2.58. The molecule has 0 N–H and O–H groups in total. The van der Waals surface area contributed by atoms with Gasteiger partial charge in [-0.3, -0.25) is 4.68 Å². The molecule has 0 unspecified atom stereocenters. The number of aromatic nitrogens is 2. The first-order valence-corrected chi connectivity index (χ1v) is 5.63. The second-order valence-corrected chi connectivity index (χ2v) is 4.54. The number of hydrogen-bond acceptors (Lipinski definition) is 3. The maximum absolute atomic E-state index is 9.03. The highest BCUT2D eigenvalue weighted by Gasteiger charge is 2.31. The molecule has 0 bridgehead atoms. The molecule has 13 heavy (non-hydrogen) atoms. The Kier molecular flexibility index (Phi) is 1.44. The highest BCUT2D eigenvalue weighted by molar-refractivity contribution is 7.98. The van der Waals surface area contributed by atoms with Gasteiger partial charge in [0.2, 0.25) is 0 Å². The van der Waals surface area contributed by atoms with Gasteiger partial charge < -0.3 is 0 Å². The molecule has 2 aliphatic rings. The minimum atomic E-state index is 0.533. The standard InChI is InChI=1S/C9H9N3S/c10-3-9-7-4-13-5-8(7)11-12(9)6-1-2-6/h6H,1-2,4-5H2. The molecule has 1 aliphatic heterocycles. The van der Waals surface area contributed by atoms with Gasteiger partial charge in [0, 0.05) is 17.1 Å².